The van der Waals surface area contributed by atoms with Crippen LogP contribution < -0.4 is 24.3 Å². The maximum absolute atomic E-state index is 5.66. The van der Waals surface area contributed by atoms with Gasteiger partial charge in [-0.3, -0.25) is 0 Å². The fourth-order valence-electron chi connectivity index (χ4n) is 4.51. The van der Waals surface area contributed by atoms with Crippen molar-refractivity contribution in [2.75, 3.05) is 26.3 Å². The van der Waals surface area contributed by atoms with Crippen molar-refractivity contribution in [1.82, 2.24) is 33.9 Å². The van der Waals surface area contributed by atoms with Crippen LogP contribution in [0.5, 0.6) is 23.0 Å². The first-order valence-corrected chi connectivity index (χ1v) is 11.9. The number of aromatic nitrogens is 7. The van der Waals surface area contributed by atoms with Gasteiger partial charge in [-0.15, -0.1) is 10.2 Å². The Morgan fingerprint density at radius 2 is 1.78 bits per heavy atom. The van der Waals surface area contributed by atoms with Gasteiger partial charge in [0, 0.05) is 23.2 Å². The molecule has 7 rings (SSSR count). The number of benzene rings is 3. The minimum atomic E-state index is 0.175. The maximum Gasteiger partial charge on any atom is 0.231 e. The molecule has 0 fully saturated rings. The number of hydrogen-bond acceptors (Lipinski definition) is 11. The molecule has 1 aliphatic heterocycles. The summed E-state index contributed by atoms with van der Waals surface area (Å²) in [6.45, 7) is 0.175. The monoisotopic (exact) mass is 514 g/mol. The summed E-state index contributed by atoms with van der Waals surface area (Å²) in [4.78, 5) is 0. The molecule has 1 aliphatic rings. The number of H-pyrrole nitrogens is 1. The molecule has 0 bridgehead atoms. The second kappa shape index (κ2) is 8.34. The van der Waals surface area contributed by atoms with Gasteiger partial charge in [-0.25, -0.2) is 0 Å². The van der Waals surface area contributed by atoms with Crippen molar-refractivity contribution in [1.29, 1.82) is 0 Å². The van der Waals surface area contributed by atoms with E-state index >= 15 is 0 Å². The highest BCUT2D eigenvalue weighted by Gasteiger charge is 2.26. The van der Waals surface area contributed by atoms with Gasteiger partial charge < -0.3 is 28.8 Å². The van der Waals surface area contributed by atoms with Crippen molar-refractivity contribution in [3.63, 3.8) is 0 Å². The van der Waals surface area contributed by atoms with Gasteiger partial charge in [0.05, 0.1) is 42.8 Å². The van der Waals surface area contributed by atoms with Crippen molar-refractivity contribution in [2.45, 2.75) is 0 Å². The molecular formula is C24H18N8O4S. The van der Waals surface area contributed by atoms with Crippen LogP contribution >= 0.6 is 11.7 Å². The lowest BCUT2D eigenvalue weighted by atomic mass is 10.1. The summed E-state index contributed by atoms with van der Waals surface area (Å²) >= 11 is 1.17. The Hall–Kier alpha value is -4.91. The molecule has 0 saturated heterocycles. The van der Waals surface area contributed by atoms with Gasteiger partial charge in [-0.05, 0) is 41.6 Å². The number of tetrazole rings is 1. The summed E-state index contributed by atoms with van der Waals surface area (Å²) < 4.78 is 33.2. The van der Waals surface area contributed by atoms with E-state index in [4.69, 9.17) is 18.9 Å². The van der Waals surface area contributed by atoms with Crippen LogP contribution in [0.25, 0.3) is 39.1 Å². The highest BCUT2D eigenvalue weighted by atomic mass is 32.1. The number of methoxy groups -OCH3 is 2. The largest absolute Gasteiger partial charge is 0.493 e. The number of ether oxygens (including phenoxy) is 4. The number of hydrogen-bond donors (Lipinski definition) is 2. The lowest BCUT2D eigenvalue weighted by Crippen LogP contribution is -2.01. The molecule has 2 N–H and O–H groups in total. The molecule has 13 heteroatoms. The highest BCUT2D eigenvalue weighted by Crippen LogP contribution is 2.46. The molecule has 3 aromatic heterocycles. The summed E-state index contributed by atoms with van der Waals surface area (Å²) in [6.07, 6.45) is 0. The van der Waals surface area contributed by atoms with E-state index in [1.54, 1.807) is 14.2 Å². The molecule has 6 aromatic rings. The van der Waals surface area contributed by atoms with Crippen LogP contribution in [0.1, 0.15) is 0 Å². The van der Waals surface area contributed by atoms with E-state index in [1.165, 1.54) is 11.7 Å². The van der Waals surface area contributed by atoms with E-state index in [9.17, 15) is 0 Å². The van der Waals surface area contributed by atoms with Gasteiger partial charge >= 0.3 is 0 Å². The molecule has 0 aliphatic carbocycles. The second-order valence-electron chi connectivity index (χ2n) is 8.15. The van der Waals surface area contributed by atoms with Crippen LogP contribution in [0.4, 0.5) is 11.4 Å². The van der Waals surface area contributed by atoms with E-state index in [1.807, 2.05) is 53.1 Å². The van der Waals surface area contributed by atoms with E-state index in [0.29, 0.717) is 34.5 Å². The number of nitrogens with zero attached hydrogens (tertiary/aromatic N) is 6. The summed E-state index contributed by atoms with van der Waals surface area (Å²) in [5.41, 5.74) is 5.53. The van der Waals surface area contributed by atoms with Crippen LogP contribution in [0, 0.1) is 0 Å². The molecule has 0 radical (unpaired) electrons. The summed E-state index contributed by atoms with van der Waals surface area (Å²) in [5, 5.41) is 19.4. The van der Waals surface area contributed by atoms with Crippen LogP contribution in [0.3, 0.4) is 0 Å². The van der Waals surface area contributed by atoms with Crippen molar-refractivity contribution >= 4 is 45.0 Å². The Labute approximate surface area is 213 Å². The highest BCUT2D eigenvalue weighted by molar-refractivity contribution is 7.00. The number of fused-ring (bicyclic) bond motifs is 3. The minimum absolute atomic E-state index is 0.175. The van der Waals surface area contributed by atoms with Gasteiger partial charge in [-0.1, -0.05) is 0 Å². The number of anilines is 2. The first-order valence-electron chi connectivity index (χ1n) is 11.2. The van der Waals surface area contributed by atoms with Crippen LogP contribution in [-0.4, -0.2) is 55.0 Å². The van der Waals surface area contributed by atoms with Gasteiger partial charge in [0.15, 0.2) is 23.0 Å². The zero-order valence-electron chi connectivity index (χ0n) is 19.6. The summed E-state index contributed by atoms with van der Waals surface area (Å²) in [5.74, 6) is 2.89. The van der Waals surface area contributed by atoms with E-state index < -0.39 is 0 Å². The Morgan fingerprint density at radius 3 is 2.62 bits per heavy atom. The maximum atomic E-state index is 5.66. The summed E-state index contributed by atoms with van der Waals surface area (Å²) in [6, 6.07) is 15.4. The molecule has 37 heavy (non-hydrogen) atoms. The minimum Gasteiger partial charge on any atom is -0.493 e. The van der Waals surface area contributed by atoms with Crippen LogP contribution in [0.15, 0.2) is 48.5 Å². The normalized spacial score (nSPS) is 12.4. The molecule has 3 aromatic carbocycles. The Morgan fingerprint density at radius 1 is 0.946 bits per heavy atom. The van der Waals surface area contributed by atoms with Gasteiger partial charge in [0.1, 0.15) is 16.7 Å². The Bertz CT molecular complexity index is 1780. The van der Waals surface area contributed by atoms with Gasteiger partial charge in [0.25, 0.3) is 0 Å². The average Bonchev–Trinajstić information content (AvgIpc) is 3.73. The molecular weight excluding hydrogens is 496 g/mol. The van der Waals surface area contributed by atoms with Crippen molar-refractivity contribution in [2.24, 2.45) is 0 Å². The molecule has 0 unspecified atom stereocenters. The van der Waals surface area contributed by atoms with Gasteiger partial charge in [-0.2, -0.15) is 14.0 Å². The average molecular weight is 515 g/mol. The first-order chi connectivity index (χ1) is 18.2. The van der Waals surface area contributed by atoms with Crippen LogP contribution in [-0.2, 0) is 0 Å². The molecule has 0 saturated carbocycles. The Balaban J connectivity index is 1.54. The summed E-state index contributed by atoms with van der Waals surface area (Å²) in [7, 11) is 3.21. The fraction of sp³-hybridized carbons (Fsp3) is 0.125. The number of aromatic amines is 1. The topological polar surface area (TPSA) is 134 Å². The lowest BCUT2D eigenvalue weighted by molar-refractivity contribution is 0.174. The third-order valence-electron chi connectivity index (χ3n) is 6.17. The fourth-order valence-corrected chi connectivity index (χ4v) is 5.03. The Kier molecular flexibility index (Phi) is 4.82. The van der Waals surface area contributed by atoms with E-state index in [2.05, 4.69) is 34.7 Å². The zero-order chi connectivity index (χ0) is 24.9. The zero-order valence-corrected chi connectivity index (χ0v) is 20.4. The van der Waals surface area contributed by atoms with Crippen molar-refractivity contribution in [3.8, 4) is 40.2 Å². The van der Waals surface area contributed by atoms with E-state index in [0.717, 1.165) is 39.0 Å². The number of nitrogens with one attached hydrogen (secondary N) is 2. The van der Waals surface area contributed by atoms with Crippen molar-refractivity contribution in [3.05, 3.63) is 48.5 Å². The quantitative estimate of drug-likeness (QED) is 0.331. The van der Waals surface area contributed by atoms with Crippen LogP contribution in [0.2, 0.25) is 0 Å². The molecule has 0 atom stereocenters. The molecule has 4 heterocycles. The SMILES string of the molecule is COc1cc2c(Nc3ccc4nsnc4c3)c(-c3nn[nH]n3)n(-c3ccc4c(c3)OCO4)c2cc1OC. The molecule has 184 valence electrons. The molecule has 0 spiro atoms. The lowest BCUT2D eigenvalue weighted by Gasteiger charge is -2.12. The third kappa shape index (κ3) is 3.39. The van der Waals surface area contributed by atoms with Gasteiger partial charge in [0.2, 0.25) is 12.6 Å². The predicted octanol–water partition coefficient (Wildman–Crippen LogP) is 4.30. The van der Waals surface area contributed by atoms with Crippen molar-refractivity contribution < 1.29 is 18.9 Å². The predicted molar refractivity (Wildman–Crippen MR) is 136 cm³/mol. The molecule has 12 nitrogen and oxygen atoms in total. The number of rotatable bonds is 6. The smallest absolute Gasteiger partial charge is 0.231 e. The first kappa shape index (κ1) is 21.4. The van der Waals surface area contributed by atoms with E-state index in [-0.39, 0.29) is 6.79 Å². The second-order valence-corrected chi connectivity index (χ2v) is 8.68. The third-order valence-corrected chi connectivity index (χ3v) is 6.72. The standard InChI is InChI=1S/C24H18N8O4S/c1-33-19-9-14-17(10-20(19)34-2)32(13-4-6-18-21(8-13)36-11-35-18)23(24-26-30-31-27-24)22(14)25-12-3-5-15-16(7-12)29-37-28-15/h3-10,25H,11H2,1-2H3,(H,26,27,30,31). The molecule has 0 amide bonds.